The van der Waals surface area contributed by atoms with Crippen molar-refractivity contribution in [2.24, 2.45) is 0 Å². The number of likely N-dealkylation sites (N-methyl/N-ethyl adjacent to an activating group) is 4. The number of para-hydroxylation sites is 1. The topological polar surface area (TPSA) is 253 Å². The minimum Gasteiger partial charge on any atom is -0.484 e. The first-order chi connectivity index (χ1) is 56.7. The first-order valence-electron chi connectivity index (χ1n) is 40.7. The molecular weight excluding hydrogens is 1470 g/mol. The van der Waals surface area contributed by atoms with Crippen molar-refractivity contribution in [3.05, 3.63) is 317 Å². The highest BCUT2D eigenvalue weighted by atomic mass is 16.5. The Hall–Kier alpha value is -11.6. The van der Waals surface area contributed by atoms with E-state index in [0.29, 0.717) is 57.1 Å². The lowest BCUT2D eigenvalue weighted by molar-refractivity contribution is -0.139. The van der Waals surface area contributed by atoms with E-state index in [1.165, 1.54) is 11.1 Å². The highest BCUT2D eigenvalue weighted by Gasteiger charge is 2.50. The van der Waals surface area contributed by atoms with Crippen molar-refractivity contribution in [1.29, 1.82) is 0 Å². The fourth-order valence-electron chi connectivity index (χ4n) is 16.0. The molecule has 0 saturated carbocycles. The lowest BCUT2D eigenvalue weighted by atomic mass is 10.0. The predicted octanol–water partition coefficient (Wildman–Crippen LogP) is 11.5. The standard InChI is InChI=1S/C27H28N2O3.2C23H28N2O4.C23H28N2O2/c1-28-25(18-17-21-11-5-2-6-12-21)29(26(30)20-32-23-15-9-4-10-16-23)24(27(28)31)19-22-13-7-3-8-14-22;2*1-24-20(13-12-17-8-4-2-5-9-17)25(21(26)14-15-22(27)28)19(23(24)29)16-18-10-6-3-7-11-18;1-3-10-22(26)25-20(17-19-13-8-5-9-14-19)23(27)24(2)21(25)16-15-18-11-6-4-7-12-18/h2-16,24-25H,17-20H2,1H3;2*2-11,19-20,22,27-28H,12-16H2,1H3;4-9,11-14,20-21H,3,10,15-17H2,1-2H3. The van der Waals surface area contributed by atoms with Crippen LogP contribution in [0.4, 0.5) is 0 Å². The number of nitrogens with zero attached hydrogens (tertiary/aromatic N) is 8. The SMILES string of the molecule is CCCC(=O)N1C(Cc2ccccc2)C(=O)N(C)C1CCc1ccccc1.CN1C(=O)C(Cc2ccccc2)N(C(=O)CCC(O)O)C1CCc1ccccc1.CN1C(=O)C(Cc2ccccc2)N(C(=O)CCC(O)O)C1CCc1ccccc1.CN1C(=O)C(Cc2ccccc2)N(C(=O)COc2ccccc2)C1CCc1ccccc1. The van der Waals surface area contributed by atoms with Crippen LogP contribution in [0.15, 0.2) is 273 Å². The van der Waals surface area contributed by atoms with Crippen molar-refractivity contribution in [2.45, 2.75) is 184 Å². The van der Waals surface area contributed by atoms with Gasteiger partial charge >= 0.3 is 0 Å². The van der Waals surface area contributed by atoms with Crippen LogP contribution in [0, 0.1) is 0 Å². The maximum atomic E-state index is 13.4. The van der Waals surface area contributed by atoms with E-state index in [-0.39, 0.29) is 104 Å². The summed E-state index contributed by atoms with van der Waals surface area (Å²) in [6, 6.07) is 86.6. The molecule has 0 aromatic heterocycles. The molecule has 9 aromatic rings. The molecule has 4 heterocycles. The van der Waals surface area contributed by atoms with Gasteiger partial charge in [-0.2, -0.15) is 0 Å². The van der Waals surface area contributed by atoms with Crippen molar-refractivity contribution in [3.8, 4) is 5.75 Å². The molecule has 21 nitrogen and oxygen atoms in total. The third-order valence-electron chi connectivity index (χ3n) is 22.1. The summed E-state index contributed by atoms with van der Waals surface area (Å²) in [6.07, 6.45) is 4.67. The van der Waals surface area contributed by atoms with Crippen molar-refractivity contribution in [1.82, 2.24) is 39.2 Å². The third kappa shape index (κ3) is 24.7. The van der Waals surface area contributed by atoms with Gasteiger partial charge in [0.1, 0.15) is 54.6 Å². The highest BCUT2D eigenvalue weighted by Crippen LogP contribution is 2.34. The Kier molecular flexibility index (Phi) is 33.4. The summed E-state index contributed by atoms with van der Waals surface area (Å²) in [4.78, 5) is 118. The van der Waals surface area contributed by atoms with Crippen LogP contribution in [0.2, 0.25) is 0 Å². The normalized spacial score (nSPS) is 19.0. The van der Waals surface area contributed by atoms with Crippen LogP contribution in [0.1, 0.15) is 116 Å². The Morgan fingerprint density at radius 2 is 0.504 bits per heavy atom. The smallest absolute Gasteiger partial charge is 0.262 e. The Labute approximate surface area is 688 Å². The van der Waals surface area contributed by atoms with E-state index in [1.54, 1.807) is 55.4 Å². The molecule has 8 amide bonds. The summed E-state index contributed by atoms with van der Waals surface area (Å²) in [5.41, 5.74) is 8.81. The fraction of sp³-hybridized carbons (Fsp3) is 0.354. The zero-order valence-electron chi connectivity index (χ0n) is 67.7. The van der Waals surface area contributed by atoms with E-state index >= 15 is 0 Å². The zero-order chi connectivity index (χ0) is 83.2. The van der Waals surface area contributed by atoms with E-state index in [1.807, 2.05) is 268 Å². The van der Waals surface area contributed by atoms with Gasteiger partial charge in [-0.1, -0.05) is 268 Å². The number of carbonyl (C=O) groups excluding carboxylic acids is 8. The monoisotopic (exact) mass is 1580 g/mol. The van der Waals surface area contributed by atoms with E-state index in [4.69, 9.17) is 4.74 Å². The van der Waals surface area contributed by atoms with Crippen molar-refractivity contribution in [3.63, 3.8) is 0 Å². The van der Waals surface area contributed by atoms with E-state index in [2.05, 4.69) is 24.3 Å². The Bertz CT molecular complexity index is 4430. The second-order valence-corrected chi connectivity index (χ2v) is 30.2. The molecule has 4 N–H and O–H groups in total. The maximum absolute atomic E-state index is 13.4. The molecule has 4 aliphatic rings. The second kappa shape index (κ2) is 44.5. The average molecular weight is 1590 g/mol. The summed E-state index contributed by atoms with van der Waals surface area (Å²) in [6.45, 7) is 1.91. The molecular formula is C96H112N8O13. The van der Waals surface area contributed by atoms with Gasteiger partial charge in [0.15, 0.2) is 19.2 Å². The van der Waals surface area contributed by atoms with Gasteiger partial charge in [0, 0.05) is 86.0 Å². The van der Waals surface area contributed by atoms with Gasteiger partial charge in [0.2, 0.25) is 41.4 Å². The zero-order valence-corrected chi connectivity index (χ0v) is 67.7. The molecule has 4 aliphatic heterocycles. The van der Waals surface area contributed by atoms with Crippen LogP contribution in [-0.2, 0) is 89.7 Å². The Morgan fingerprint density at radius 1 is 0.299 bits per heavy atom. The average Bonchev–Trinajstić information content (AvgIpc) is 1.65. The minimum atomic E-state index is -1.54. The molecule has 0 bridgehead atoms. The molecule has 21 heteroatoms. The van der Waals surface area contributed by atoms with Crippen molar-refractivity contribution < 1.29 is 63.5 Å². The van der Waals surface area contributed by atoms with Crippen molar-refractivity contribution in [2.75, 3.05) is 34.8 Å². The first kappa shape index (κ1) is 87.8. The number of hydrogen-bond acceptors (Lipinski definition) is 13. The number of benzene rings is 9. The molecule has 4 saturated heterocycles. The number of aliphatic hydroxyl groups excluding tert-OH is 2. The summed E-state index contributed by atoms with van der Waals surface area (Å²) in [5, 5.41) is 36.7. The summed E-state index contributed by atoms with van der Waals surface area (Å²) >= 11 is 0. The van der Waals surface area contributed by atoms with Crippen LogP contribution in [-0.4, -0.2) is 203 Å². The van der Waals surface area contributed by atoms with Crippen molar-refractivity contribution >= 4 is 47.3 Å². The molecule has 8 unspecified atom stereocenters. The lowest BCUT2D eigenvalue weighted by Gasteiger charge is -2.30. The number of amides is 8. The van der Waals surface area contributed by atoms with Gasteiger partial charge in [0.25, 0.3) is 5.91 Å². The van der Waals surface area contributed by atoms with Gasteiger partial charge in [-0.3, -0.25) is 38.4 Å². The highest BCUT2D eigenvalue weighted by molar-refractivity contribution is 5.94. The third-order valence-corrected chi connectivity index (χ3v) is 22.1. The van der Waals surface area contributed by atoms with Crippen LogP contribution in [0.5, 0.6) is 5.75 Å². The number of hydrogen-bond donors (Lipinski definition) is 4. The number of rotatable bonds is 31. The van der Waals surface area contributed by atoms with Gasteiger partial charge in [-0.25, -0.2) is 0 Å². The van der Waals surface area contributed by atoms with E-state index < -0.39 is 36.7 Å². The molecule has 0 radical (unpaired) electrons. The molecule has 0 aliphatic carbocycles. The van der Waals surface area contributed by atoms with Crippen LogP contribution in [0.3, 0.4) is 0 Å². The lowest BCUT2D eigenvalue weighted by Crippen LogP contribution is -2.47. The Balaban J connectivity index is 0.000000165. The van der Waals surface area contributed by atoms with Gasteiger partial charge in [-0.15, -0.1) is 0 Å². The second-order valence-electron chi connectivity index (χ2n) is 30.2. The maximum Gasteiger partial charge on any atom is 0.262 e. The molecule has 13 rings (SSSR count). The minimum absolute atomic E-state index is 0.00802. The molecule has 4 fully saturated rings. The molecule has 0 spiro atoms. The molecule has 8 atom stereocenters. The van der Waals surface area contributed by atoms with Crippen LogP contribution >= 0.6 is 0 Å². The predicted molar refractivity (Wildman–Crippen MR) is 450 cm³/mol. The van der Waals surface area contributed by atoms with Crippen LogP contribution in [0.25, 0.3) is 0 Å². The number of ether oxygens (including phenoxy) is 1. The Morgan fingerprint density at radius 3 is 0.726 bits per heavy atom. The molecule has 9 aromatic carbocycles. The quantitative estimate of drug-likeness (QED) is 0.0295. The number of carbonyl (C=O) groups is 8. The fourth-order valence-corrected chi connectivity index (χ4v) is 16.0. The first-order valence-corrected chi connectivity index (χ1v) is 40.7. The summed E-state index contributed by atoms with van der Waals surface area (Å²) < 4.78 is 5.74. The summed E-state index contributed by atoms with van der Waals surface area (Å²) in [7, 11) is 7.10. The van der Waals surface area contributed by atoms with E-state index in [0.717, 1.165) is 71.9 Å². The van der Waals surface area contributed by atoms with Gasteiger partial charge in [0.05, 0.1) is 0 Å². The largest absolute Gasteiger partial charge is 0.484 e. The van der Waals surface area contributed by atoms with Crippen LogP contribution < -0.4 is 4.74 Å². The summed E-state index contributed by atoms with van der Waals surface area (Å²) in [5.74, 6) is -0.0551. The molecule has 117 heavy (non-hydrogen) atoms. The molecule has 614 valence electrons. The number of aryl methyl sites for hydroxylation is 4. The van der Waals surface area contributed by atoms with Gasteiger partial charge < -0.3 is 64.4 Å². The number of aliphatic hydroxyl groups is 4. The van der Waals surface area contributed by atoms with Gasteiger partial charge in [-0.05, 0) is 114 Å². The van der Waals surface area contributed by atoms with E-state index in [9.17, 15) is 58.8 Å².